The van der Waals surface area contributed by atoms with Crippen molar-refractivity contribution in [3.8, 4) is 0 Å². The standard InChI is InChI=1S/C24H32O4/c1-13(25)4-8-23(27)9-6-17-20-16-11-15(16)18-10-14(26)5-7-21(18,2)24(20)19(28-24)12-22(17,23)3/h10,15-17,19-20,27H,4-9,11-12H2,1-3H3/t15-,16+,17+,19-,20+,21+,22+,23+,24-/m1/s1. The first-order valence-electron chi connectivity index (χ1n) is 11.3. The molecule has 0 radical (unpaired) electrons. The molecule has 1 aliphatic heterocycles. The number of hydrogen-bond donors (Lipinski definition) is 1. The number of fused-ring (bicyclic) bond motifs is 6. The number of ketones is 2. The maximum Gasteiger partial charge on any atom is 0.155 e. The molecule has 4 heteroatoms. The fraction of sp³-hybridized carbons (Fsp3) is 0.833. The monoisotopic (exact) mass is 384 g/mol. The minimum Gasteiger partial charge on any atom is -0.389 e. The van der Waals surface area contributed by atoms with Crippen LogP contribution in [0.4, 0.5) is 0 Å². The van der Waals surface area contributed by atoms with Gasteiger partial charge in [-0.15, -0.1) is 0 Å². The Morgan fingerprint density at radius 2 is 2.11 bits per heavy atom. The topological polar surface area (TPSA) is 66.9 Å². The molecule has 1 N–H and O–H groups in total. The van der Waals surface area contributed by atoms with Gasteiger partial charge in [0, 0.05) is 23.7 Å². The van der Waals surface area contributed by atoms with Crippen LogP contribution in [0.3, 0.4) is 0 Å². The molecule has 5 fully saturated rings. The minimum absolute atomic E-state index is 0.00463. The van der Waals surface area contributed by atoms with E-state index in [0.717, 1.165) is 25.7 Å². The van der Waals surface area contributed by atoms with Crippen LogP contribution in [-0.4, -0.2) is 34.0 Å². The van der Waals surface area contributed by atoms with Gasteiger partial charge in [0.05, 0.1) is 11.7 Å². The Hall–Kier alpha value is -1.00. The van der Waals surface area contributed by atoms with Crippen molar-refractivity contribution in [3.05, 3.63) is 11.6 Å². The van der Waals surface area contributed by atoms with Crippen molar-refractivity contribution < 1.29 is 19.4 Å². The molecule has 0 aromatic rings. The zero-order valence-electron chi connectivity index (χ0n) is 17.3. The van der Waals surface area contributed by atoms with E-state index in [1.54, 1.807) is 6.92 Å². The molecule has 9 atom stereocenters. The van der Waals surface area contributed by atoms with Gasteiger partial charge < -0.3 is 14.6 Å². The van der Waals surface area contributed by atoms with Crippen LogP contribution in [0.1, 0.15) is 72.1 Å². The number of Topliss-reactive ketones (excluding diaryl/α,β-unsaturated/α-hetero) is 1. The van der Waals surface area contributed by atoms with Gasteiger partial charge in [-0.2, -0.15) is 0 Å². The van der Waals surface area contributed by atoms with Crippen molar-refractivity contribution in [1.82, 2.24) is 0 Å². The lowest BCUT2D eigenvalue weighted by molar-refractivity contribution is -0.129. The highest BCUT2D eigenvalue weighted by Crippen LogP contribution is 2.82. The van der Waals surface area contributed by atoms with Crippen LogP contribution in [0.5, 0.6) is 0 Å². The van der Waals surface area contributed by atoms with E-state index in [2.05, 4.69) is 13.8 Å². The molecule has 1 spiro atoms. The van der Waals surface area contributed by atoms with Crippen molar-refractivity contribution in [3.63, 3.8) is 0 Å². The largest absolute Gasteiger partial charge is 0.389 e. The van der Waals surface area contributed by atoms with Crippen LogP contribution >= 0.6 is 0 Å². The molecule has 6 rings (SSSR count). The molecule has 0 aromatic heterocycles. The van der Waals surface area contributed by atoms with E-state index in [-0.39, 0.29) is 28.3 Å². The van der Waals surface area contributed by atoms with Crippen molar-refractivity contribution in [2.75, 3.05) is 0 Å². The summed E-state index contributed by atoms with van der Waals surface area (Å²) < 4.78 is 6.66. The molecule has 0 amide bonds. The first-order valence-corrected chi connectivity index (χ1v) is 11.3. The lowest BCUT2D eigenvalue weighted by Crippen LogP contribution is -2.60. The summed E-state index contributed by atoms with van der Waals surface area (Å²) in [6, 6.07) is 0. The predicted octanol–water partition coefficient (Wildman–Crippen LogP) is 3.61. The van der Waals surface area contributed by atoms with Gasteiger partial charge in [0.2, 0.25) is 0 Å². The van der Waals surface area contributed by atoms with Gasteiger partial charge in [-0.05, 0) is 75.2 Å². The molecule has 5 aliphatic carbocycles. The average Bonchev–Trinajstić information content (AvgIpc) is 3.52. The molecule has 4 saturated carbocycles. The van der Waals surface area contributed by atoms with Gasteiger partial charge in [-0.25, -0.2) is 0 Å². The average molecular weight is 385 g/mol. The highest BCUT2D eigenvalue weighted by molar-refractivity contribution is 5.92. The number of carbonyl (C=O) groups is 2. The number of aliphatic hydroxyl groups is 1. The second-order valence-corrected chi connectivity index (χ2v) is 11.3. The zero-order chi connectivity index (χ0) is 19.7. The van der Waals surface area contributed by atoms with Crippen LogP contribution in [0.25, 0.3) is 0 Å². The van der Waals surface area contributed by atoms with E-state index < -0.39 is 5.60 Å². The summed E-state index contributed by atoms with van der Waals surface area (Å²) in [7, 11) is 0. The normalized spacial score (nSPS) is 57.9. The SMILES string of the molecule is CC(=O)CC[C@]1(O)CC[C@H]2[C@@H]3[C@H]4C[C@H]4C4=CC(=O)CC[C@]4(C)[C@]34O[C@@H]4C[C@@]21C. The maximum absolute atomic E-state index is 12.2. The fourth-order valence-electron chi connectivity index (χ4n) is 8.72. The molecular weight excluding hydrogens is 352 g/mol. The van der Waals surface area contributed by atoms with Crippen LogP contribution in [0, 0.1) is 34.5 Å². The van der Waals surface area contributed by atoms with E-state index in [1.165, 1.54) is 12.0 Å². The first kappa shape index (κ1) is 17.8. The summed E-state index contributed by atoms with van der Waals surface area (Å²) in [5.74, 6) is 2.61. The molecular formula is C24H32O4. The molecule has 0 bridgehead atoms. The second kappa shape index (κ2) is 5.00. The Kier molecular flexibility index (Phi) is 3.18. The third kappa shape index (κ3) is 1.82. The third-order valence-corrected chi connectivity index (χ3v) is 10.3. The first-order chi connectivity index (χ1) is 13.2. The summed E-state index contributed by atoms with van der Waals surface area (Å²) in [5, 5.41) is 11.7. The Bertz CT molecular complexity index is 830. The van der Waals surface area contributed by atoms with Crippen molar-refractivity contribution >= 4 is 11.6 Å². The van der Waals surface area contributed by atoms with Crippen LogP contribution in [0.15, 0.2) is 11.6 Å². The smallest absolute Gasteiger partial charge is 0.155 e. The molecule has 4 nitrogen and oxygen atoms in total. The van der Waals surface area contributed by atoms with E-state index in [9.17, 15) is 14.7 Å². The molecule has 28 heavy (non-hydrogen) atoms. The Morgan fingerprint density at radius 3 is 2.86 bits per heavy atom. The molecule has 6 aliphatic rings. The number of carbonyl (C=O) groups excluding carboxylic acids is 2. The van der Waals surface area contributed by atoms with Gasteiger partial charge in [0.15, 0.2) is 5.78 Å². The number of epoxide rings is 1. The van der Waals surface area contributed by atoms with E-state index in [1.807, 2.05) is 6.08 Å². The highest BCUT2D eigenvalue weighted by Gasteiger charge is 2.84. The summed E-state index contributed by atoms with van der Waals surface area (Å²) in [4.78, 5) is 23.8. The fourth-order valence-corrected chi connectivity index (χ4v) is 8.72. The summed E-state index contributed by atoms with van der Waals surface area (Å²) in [6.45, 7) is 6.28. The maximum atomic E-state index is 12.2. The van der Waals surface area contributed by atoms with Gasteiger partial charge in [0.25, 0.3) is 0 Å². The molecule has 0 aromatic carbocycles. The Morgan fingerprint density at radius 1 is 1.32 bits per heavy atom. The van der Waals surface area contributed by atoms with Crippen LogP contribution in [0.2, 0.25) is 0 Å². The van der Waals surface area contributed by atoms with Crippen molar-refractivity contribution in [2.24, 2.45) is 34.5 Å². The lowest BCUT2D eigenvalue weighted by Gasteiger charge is -2.56. The quantitative estimate of drug-likeness (QED) is 0.755. The second-order valence-electron chi connectivity index (χ2n) is 11.3. The minimum atomic E-state index is -0.745. The number of rotatable bonds is 3. The van der Waals surface area contributed by atoms with E-state index in [0.29, 0.717) is 48.7 Å². The van der Waals surface area contributed by atoms with E-state index >= 15 is 0 Å². The Labute approximate surface area is 167 Å². The highest BCUT2D eigenvalue weighted by atomic mass is 16.6. The zero-order valence-corrected chi connectivity index (χ0v) is 17.3. The van der Waals surface area contributed by atoms with Gasteiger partial charge in [0.1, 0.15) is 11.4 Å². The number of hydrogen-bond acceptors (Lipinski definition) is 4. The molecule has 0 unspecified atom stereocenters. The van der Waals surface area contributed by atoms with Crippen LogP contribution < -0.4 is 0 Å². The Balaban J connectivity index is 1.40. The van der Waals surface area contributed by atoms with Gasteiger partial charge >= 0.3 is 0 Å². The van der Waals surface area contributed by atoms with Crippen molar-refractivity contribution in [1.29, 1.82) is 0 Å². The van der Waals surface area contributed by atoms with Gasteiger partial charge in [-0.1, -0.05) is 19.4 Å². The number of ether oxygens (including phenoxy) is 1. The van der Waals surface area contributed by atoms with Crippen LogP contribution in [-0.2, 0) is 14.3 Å². The molecule has 152 valence electrons. The predicted molar refractivity (Wildman–Crippen MR) is 103 cm³/mol. The summed E-state index contributed by atoms with van der Waals surface area (Å²) in [6.07, 6.45) is 8.75. The van der Waals surface area contributed by atoms with E-state index in [4.69, 9.17) is 4.74 Å². The van der Waals surface area contributed by atoms with Gasteiger partial charge in [-0.3, -0.25) is 4.79 Å². The van der Waals surface area contributed by atoms with Crippen molar-refractivity contribution in [2.45, 2.75) is 89.4 Å². The summed E-state index contributed by atoms with van der Waals surface area (Å²) in [5.41, 5.74) is 0.377. The third-order valence-electron chi connectivity index (χ3n) is 10.3. The summed E-state index contributed by atoms with van der Waals surface area (Å²) >= 11 is 0. The molecule has 1 saturated heterocycles. The lowest BCUT2D eigenvalue weighted by atomic mass is 9.46. The molecule has 1 heterocycles.